The Morgan fingerprint density at radius 3 is 2.56 bits per heavy atom. The van der Waals surface area contributed by atoms with Gasteiger partial charge in [-0.2, -0.15) is 0 Å². The molecule has 4 aromatic rings. The van der Waals surface area contributed by atoms with Gasteiger partial charge >= 0.3 is 0 Å². The molecule has 0 spiro atoms. The number of H-pyrrole nitrogens is 1. The van der Waals surface area contributed by atoms with E-state index in [1.54, 1.807) is 0 Å². The number of hydrogen-bond acceptors (Lipinski definition) is 5. The van der Waals surface area contributed by atoms with Crippen LogP contribution in [0.15, 0.2) is 47.6 Å². The second-order valence-electron chi connectivity index (χ2n) is 8.69. The molecule has 1 amide bonds. The Balaban J connectivity index is 1.99. The van der Waals surface area contributed by atoms with Crippen molar-refractivity contribution in [2.45, 2.75) is 41.0 Å². The molecule has 0 atom stereocenters. The van der Waals surface area contributed by atoms with Gasteiger partial charge in [0.05, 0.1) is 15.8 Å². The Labute approximate surface area is 191 Å². The quantitative estimate of drug-likeness (QED) is 0.304. The van der Waals surface area contributed by atoms with E-state index in [-0.39, 0.29) is 11.7 Å². The molecule has 0 unspecified atom stereocenters. The largest absolute Gasteiger partial charge is 0.322 e. The molecular formula is C25H26N4O2S. The number of rotatable bonds is 6. The molecule has 0 bridgehead atoms. The van der Waals surface area contributed by atoms with Gasteiger partial charge in [-0.05, 0) is 48.7 Å². The van der Waals surface area contributed by atoms with Crippen molar-refractivity contribution in [1.29, 1.82) is 0 Å². The summed E-state index contributed by atoms with van der Waals surface area (Å²) >= 11 is 1.52. The van der Waals surface area contributed by atoms with Crippen LogP contribution in [0.3, 0.4) is 0 Å². The van der Waals surface area contributed by atoms with Crippen molar-refractivity contribution in [2.24, 2.45) is 10.6 Å². The molecule has 0 aliphatic carbocycles. The lowest BCUT2D eigenvalue weighted by atomic mass is 9.89. The van der Waals surface area contributed by atoms with E-state index in [1.165, 1.54) is 11.3 Å². The Bertz CT molecular complexity index is 1300. The Morgan fingerprint density at radius 1 is 1.16 bits per heavy atom. The van der Waals surface area contributed by atoms with Crippen LogP contribution >= 0.6 is 11.3 Å². The molecule has 2 N–H and O–H groups in total. The lowest BCUT2D eigenvalue weighted by Crippen LogP contribution is -2.30. The molecule has 2 heterocycles. The van der Waals surface area contributed by atoms with Gasteiger partial charge in [0.2, 0.25) is 5.91 Å². The first-order valence-electron chi connectivity index (χ1n) is 10.6. The summed E-state index contributed by atoms with van der Waals surface area (Å²) in [5.74, 6) is 0.490. The normalized spacial score (nSPS) is 11.7. The molecule has 0 saturated carbocycles. The van der Waals surface area contributed by atoms with Crippen molar-refractivity contribution in [2.75, 3.05) is 5.32 Å². The van der Waals surface area contributed by atoms with E-state index in [0.29, 0.717) is 23.4 Å². The van der Waals surface area contributed by atoms with Crippen LogP contribution < -0.4 is 5.32 Å². The first kappa shape index (κ1) is 21.9. The molecule has 6 nitrogen and oxygen atoms in total. The molecule has 0 aliphatic rings. The van der Waals surface area contributed by atoms with Crippen LogP contribution in [0, 0.1) is 24.2 Å². The summed E-state index contributed by atoms with van der Waals surface area (Å²) in [6, 6.07) is 13.9. The van der Waals surface area contributed by atoms with E-state index < -0.39 is 5.41 Å². The molecule has 32 heavy (non-hydrogen) atoms. The van der Waals surface area contributed by atoms with E-state index >= 15 is 0 Å². The topological polar surface area (TPSA) is 87.2 Å². The van der Waals surface area contributed by atoms with Crippen LogP contribution in [-0.4, -0.2) is 15.9 Å². The number of aromatic amines is 1. The summed E-state index contributed by atoms with van der Waals surface area (Å²) in [5.41, 5.74) is 4.67. The zero-order valence-electron chi connectivity index (χ0n) is 18.9. The Hall–Kier alpha value is -3.32. The second kappa shape index (κ2) is 8.31. The van der Waals surface area contributed by atoms with Gasteiger partial charge in [-0.1, -0.05) is 56.7 Å². The van der Waals surface area contributed by atoms with Crippen LogP contribution in [0.5, 0.6) is 0 Å². The molecule has 0 aliphatic heterocycles. The number of amides is 1. The summed E-state index contributed by atoms with van der Waals surface area (Å²) in [5, 5.41) is 7.01. The van der Waals surface area contributed by atoms with Gasteiger partial charge in [-0.25, -0.2) is 4.98 Å². The Kier molecular flexibility index (Phi) is 5.69. The highest BCUT2D eigenvalue weighted by Gasteiger charge is 2.30. The number of thiazole rings is 1. The minimum atomic E-state index is -0.565. The average molecular weight is 447 g/mol. The zero-order valence-corrected chi connectivity index (χ0v) is 19.7. The van der Waals surface area contributed by atoms with Crippen LogP contribution in [0.25, 0.3) is 31.9 Å². The third-order valence-electron chi connectivity index (χ3n) is 5.97. The van der Waals surface area contributed by atoms with Crippen LogP contribution in [-0.2, 0) is 4.79 Å². The van der Waals surface area contributed by atoms with Crippen molar-refractivity contribution in [3.8, 4) is 21.7 Å². The number of fused-ring (bicyclic) bond motifs is 1. The number of nitrogens with one attached hydrogen (secondary N) is 2. The SMILES string of the molecule is CCC(C)(C)C(=O)Nc1[nH]c(N=O)c(-c2ccc(C)cc2C)c1-c1nc2ccccc2s1. The van der Waals surface area contributed by atoms with Gasteiger partial charge < -0.3 is 10.3 Å². The molecule has 2 aromatic heterocycles. The molecule has 0 saturated heterocycles. The molecule has 164 valence electrons. The number of benzene rings is 2. The molecule has 7 heteroatoms. The molecule has 0 fully saturated rings. The lowest BCUT2D eigenvalue weighted by molar-refractivity contribution is -0.124. The maximum Gasteiger partial charge on any atom is 0.231 e. The minimum absolute atomic E-state index is 0.131. The highest BCUT2D eigenvalue weighted by atomic mass is 32.1. The first-order valence-corrected chi connectivity index (χ1v) is 11.4. The third-order valence-corrected chi connectivity index (χ3v) is 7.02. The zero-order chi connectivity index (χ0) is 23.0. The van der Waals surface area contributed by atoms with E-state index in [0.717, 1.165) is 31.9 Å². The van der Waals surface area contributed by atoms with Crippen molar-refractivity contribution >= 4 is 39.1 Å². The number of carbonyl (C=O) groups excluding carboxylic acids is 1. The predicted octanol–water partition coefficient (Wildman–Crippen LogP) is 7.35. The van der Waals surface area contributed by atoms with Crippen LogP contribution in [0.4, 0.5) is 11.6 Å². The molecular weight excluding hydrogens is 420 g/mol. The van der Waals surface area contributed by atoms with E-state index in [4.69, 9.17) is 4.98 Å². The number of nitroso groups, excluding NO2 is 1. The summed E-state index contributed by atoms with van der Waals surface area (Å²) in [6.45, 7) is 9.80. The first-order chi connectivity index (χ1) is 15.2. The smallest absolute Gasteiger partial charge is 0.231 e. The number of carbonyl (C=O) groups is 1. The van der Waals surface area contributed by atoms with Gasteiger partial charge in [0.25, 0.3) is 0 Å². The standard InChI is InChI=1S/C25H26N4O2S/c1-6-25(4,5)24(30)28-21-20(23-26-17-9-7-8-10-18(17)32-23)19(22(27-21)29-31)16-12-11-14(2)13-15(16)3/h7-13,27H,6H2,1-5H3,(H,28,30). The van der Waals surface area contributed by atoms with E-state index in [9.17, 15) is 9.70 Å². The van der Waals surface area contributed by atoms with Crippen molar-refractivity contribution in [1.82, 2.24) is 9.97 Å². The number of para-hydroxylation sites is 1. The fourth-order valence-corrected chi connectivity index (χ4v) is 4.66. The summed E-state index contributed by atoms with van der Waals surface area (Å²) in [6.07, 6.45) is 0.679. The van der Waals surface area contributed by atoms with Crippen molar-refractivity contribution in [3.63, 3.8) is 0 Å². The highest BCUT2D eigenvalue weighted by molar-refractivity contribution is 7.21. The predicted molar refractivity (Wildman–Crippen MR) is 132 cm³/mol. The summed E-state index contributed by atoms with van der Waals surface area (Å²) < 4.78 is 1.03. The number of anilines is 1. The summed E-state index contributed by atoms with van der Waals surface area (Å²) in [4.78, 5) is 32.8. The fourth-order valence-electron chi connectivity index (χ4n) is 3.64. The lowest BCUT2D eigenvalue weighted by Gasteiger charge is -2.21. The number of nitrogens with zero attached hydrogens (tertiary/aromatic N) is 2. The number of aromatic nitrogens is 2. The summed E-state index contributed by atoms with van der Waals surface area (Å²) in [7, 11) is 0. The monoisotopic (exact) mass is 446 g/mol. The van der Waals surface area contributed by atoms with Crippen molar-refractivity contribution in [3.05, 3.63) is 58.5 Å². The van der Waals surface area contributed by atoms with Gasteiger partial charge in [-0.15, -0.1) is 16.2 Å². The average Bonchev–Trinajstić information content (AvgIpc) is 3.34. The molecule has 0 radical (unpaired) electrons. The second-order valence-corrected chi connectivity index (χ2v) is 9.72. The maximum absolute atomic E-state index is 13.0. The molecule has 2 aromatic carbocycles. The van der Waals surface area contributed by atoms with Gasteiger partial charge in [0.1, 0.15) is 10.8 Å². The maximum atomic E-state index is 13.0. The van der Waals surface area contributed by atoms with Gasteiger partial charge in [-0.3, -0.25) is 4.79 Å². The third kappa shape index (κ3) is 3.84. The fraction of sp³-hybridized carbons (Fsp3) is 0.280. The molecule has 4 rings (SSSR count). The van der Waals surface area contributed by atoms with E-state index in [2.05, 4.69) is 21.5 Å². The van der Waals surface area contributed by atoms with Crippen LogP contribution in [0.2, 0.25) is 0 Å². The van der Waals surface area contributed by atoms with Gasteiger partial charge in [0, 0.05) is 11.0 Å². The number of aryl methyl sites for hydroxylation is 2. The Morgan fingerprint density at radius 2 is 1.91 bits per heavy atom. The highest BCUT2D eigenvalue weighted by Crippen LogP contribution is 2.47. The van der Waals surface area contributed by atoms with Crippen LogP contribution in [0.1, 0.15) is 38.3 Å². The van der Waals surface area contributed by atoms with Gasteiger partial charge in [0.15, 0.2) is 5.82 Å². The van der Waals surface area contributed by atoms with E-state index in [1.807, 2.05) is 71.0 Å². The minimum Gasteiger partial charge on any atom is -0.322 e. The van der Waals surface area contributed by atoms with Crippen molar-refractivity contribution < 1.29 is 4.79 Å². The number of hydrogen-bond donors (Lipinski definition) is 2.